The number of urea groups is 1. The molecule has 1 aliphatic heterocycles. The van der Waals surface area contributed by atoms with Crippen LogP contribution in [0, 0.1) is 6.92 Å². The van der Waals surface area contributed by atoms with E-state index in [2.05, 4.69) is 5.32 Å². The fourth-order valence-electron chi connectivity index (χ4n) is 2.95. The monoisotopic (exact) mass is 358 g/mol. The molecule has 3 rings (SSSR count). The molecule has 1 heterocycles. The Kier molecular flexibility index (Phi) is 4.12. The van der Waals surface area contributed by atoms with Crippen molar-refractivity contribution in [3.8, 4) is 0 Å². The van der Waals surface area contributed by atoms with Gasteiger partial charge in [0.1, 0.15) is 5.54 Å². The van der Waals surface area contributed by atoms with Crippen molar-refractivity contribution in [2.45, 2.75) is 30.7 Å². The Morgan fingerprint density at radius 2 is 1.60 bits per heavy atom. The van der Waals surface area contributed by atoms with E-state index >= 15 is 0 Å². The lowest BCUT2D eigenvalue weighted by Crippen LogP contribution is -2.44. The van der Waals surface area contributed by atoms with Gasteiger partial charge in [-0.15, -0.1) is 4.31 Å². The zero-order valence-corrected chi connectivity index (χ0v) is 14.7. The van der Waals surface area contributed by atoms with Crippen molar-refractivity contribution in [2.75, 3.05) is 0 Å². The molecule has 0 aliphatic carbocycles. The van der Waals surface area contributed by atoms with Gasteiger partial charge in [0.05, 0.1) is 4.90 Å². The van der Waals surface area contributed by atoms with Gasteiger partial charge < -0.3 is 5.32 Å². The smallest absolute Gasteiger partial charge is 0.318 e. The van der Waals surface area contributed by atoms with Gasteiger partial charge >= 0.3 is 6.03 Å². The van der Waals surface area contributed by atoms with E-state index in [0.29, 0.717) is 9.87 Å². The zero-order chi connectivity index (χ0) is 18.2. The fraction of sp³-hybridized carbons (Fsp3) is 0.222. The van der Waals surface area contributed by atoms with Gasteiger partial charge in [-0.25, -0.2) is 13.2 Å². The van der Waals surface area contributed by atoms with Crippen molar-refractivity contribution in [1.82, 2.24) is 9.62 Å². The molecular weight excluding hydrogens is 340 g/mol. The Morgan fingerprint density at radius 3 is 2.16 bits per heavy atom. The Bertz CT molecular complexity index is 923. The number of sulfonamides is 1. The lowest BCUT2D eigenvalue weighted by Gasteiger charge is -2.25. The van der Waals surface area contributed by atoms with Gasteiger partial charge in [-0.3, -0.25) is 4.79 Å². The number of nitrogens with zero attached hydrogens (tertiary/aromatic N) is 1. The summed E-state index contributed by atoms with van der Waals surface area (Å²) in [6.07, 6.45) is 0.238. The fourth-order valence-corrected chi connectivity index (χ4v) is 4.28. The lowest BCUT2D eigenvalue weighted by atomic mass is 9.87. The SMILES string of the molecule is CC[C@]1(c2ccccc2)NC(=O)N(S(=O)(=O)c2ccc(C)cc2)C1=O. The minimum atomic E-state index is -4.27. The minimum absolute atomic E-state index is 0.0958. The van der Waals surface area contributed by atoms with Crippen molar-refractivity contribution in [3.05, 3.63) is 65.7 Å². The molecule has 25 heavy (non-hydrogen) atoms. The van der Waals surface area contributed by atoms with E-state index in [1.54, 1.807) is 49.4 Å². The standard InChI is InChI=1S/C18H18N2O4S/c1-3-18(14-7-5-4-6-8-14)16(21)20(17(22)19-18)25(23,24)15-11-9-13(2)10-12-15/h4-12H,3H2,1-2H3,(H,19,22)/t18-/m1/s1. The van der Waals surface area contributed by atoms with Crippen LogP contribution in [0.2, 0.25) is 0 Å². The first-order valence-corrected chi connectivity index (χ1v) is 9.31. The maximum Gasteiger partial charge on any atom is 0.339 e. The van der Waals surface area contributed by atoms with Crippen LogP contribution in [0.15, 0.2) is 59.5 Å². The molecule has 2 aromatic rings. The van der Waals surface area contributed by atoms with Gasteiger partial charge in [0.15, 0.2) is 0 Å². The van der Waals surface area contributed by atoms with Crippen LogP contribution in [0.1, 0.15) is 24.5 Å². The summed E-state index contributed by atoms with van der Waals surface area (Å²) in [5.41, 5.74) is 0.0524. The first-order valence-electron chi connectivity index (χ1n) is 7.87. The summed E-state index contributed by atoms with van der Waals surface area (Å²) >= 11 is 0. The summed E-state index contributed by atoms with van der Waals surface area (Å²) in [6.45, 7) is 3.55. The second-order valence-electron chi connectivity index (χ2n) is 5.94. The number of carbonyl (C=O) groups excluding carboxylic acids is 2. The van der Waals surface area contributed by atoms with Crippen LogP contribution < -0.4 is 5.32 Å². The highest BCUT2D eigenvalue weighted by Crippen LogP contribution is 2.35. The third-order valence-electron chi connectivity index (χ3n) is 4.41. The van der Waals surface area contributed by atoms with Gasteiger partial charge in [-0.2, -0.15) is 0 Å². The minimum Gasteiger partial charge on any atom is -0.318 e. The molecule has 0 spiro atoms. The van der Waals surface area contributed by atoms with E-state index in [0.717, 1.165) is 5.56 Å². The van der Waals surface area contributed by atoms with E-state index in [9.17, 15) is 18.0 Å². The van der Waals surface area contributed by atoms with E-state index in [1.165, 1.54) is 12.1 Å². The van der Waals surface area contributed by atoms with Gasteiger partial charge in [0, 0.05) is 0 Å². The van der Waals surface area contributed by atoms with E-state index < -0.39 is 27.5 Å². The summed E-state index contributed by atoms with van der Waals surface area (Å²) < 4.78 is 26.0. The van der Waals surface area contributed by atoms with Crippen LogP contribution in [0.25, 0.3) is 0 Å². The number of imide groups is 1. The third-order valence-corrected chi connectivity index (χ3v) is 6.09. The van der Waals surface area contributed by atoms with Crippen LogP contribution in [-0.2, 0) is 20.4 Å². The molecule has 0 aromatic heterocycles. The normalized spacial score (nSPS) is 20.6. The Balaban J connectivity index is 2.08. The second kappa shape index (κ2) is 6.00. The van der Waals surface area contributed by atoms with E-state index in [-0.39, 0.29) is 11.3 Å². The van der Waals surface area contributed by atoms with Crippen molar-refractivity contribution in [3.63, 3.8) is 0 Å². The highest BCUT2D eigenvalue weighted by atomic mass is 32.2. The number of hydrogen-bond acceptors (Lipinski definition) is 4. The van der Waals surface area contributed by atoms with Crippen LogP contribution in [-0.4, -0.2) is 24.7 Å². The number of rotatable bonds is 4. The number of aryl methyl sites for hydroxylation is 1. The molecular formula is C18H18N2O4S. The molecule has 0 saturated carbocycles. The molecule has 1 N–H and O–H groups in total. The van der Waals surface area contributed by atoms with Gasteiger partial charge in [0.2, 0.25) is 0 Å². The summed E-state index contributed by atoms with van der Waals surface area (Å²) in [4.78, 5) is 25.4. The second-order valence-corrected chi connectivity index (χ2v) is 7.73. The summed E-state index contributed by atoms with van der Waals surface area (Å²) in [5, 5.41) is 2.58. The summed E-state index contributed by atoms with van der Waals surface area (Å²) in [6, 6.07) is 13.7. The van der Waals surface area contributed by atoms with Crippen molar-refractivity contribution < 1.29 is 18.0 Å². The first-order chi connectivity index (χ1) is 11.8. The topological polar surface area (TPSA) is 83.6 Å². The molecule has 6 nitrogen and oxygen atoms in total. The van der Waals surface area contributed by atoms with Crippen molar-refractivity contribution in [1.29, 1.82) is 0 Å². The number of amides is 3. The molecule has 0 radical (unpaired) electrons. The number of nitrogens with one attached hydrogen (secondary N) is 1. The van der Waals surface area contributed by atoms with E-state index in [4.69, 9.17) is 0 Å². The average Bonchev–Trinajstić information content (AvgIpc) is 2.87. The molecule has 0 bridgehead atoms. The van der Waals surface area contributed by atoms with E-state index in [1.807, 2.05) is 6.92 Å². The third kappa shape index (κ3) is 2.60. The van der Waals surface area contributed by atoms with Crippen molar-refractivity contribution >= 4 is 22.0 Å². The molecule has 1 saturated heterocycles. The quantitative estimate of drug-likeness (QED) is 0.852. The summed E-state index contributed by atoms with van der Waals surface area (Å²) in [7, 11) is -4.27. The highest BCUT2D eigenvalue weighted by molar-refractivity contribution is 7.90. The van der Waals surface area contributed by atoms with Crippen LogP contribution >= 0.6 is 0 Å². The van der Waals surface area contributed by atoms with Crippen LogP contribution in [0.4, 0.5) is 4.79 Å². The maximum atomic E-state index is 13.0. The number of benzene rings is 2. The maximum absolute atomic E-state index is 13.0. The Hall–Kier alpha value is -2.67. The molecule has 7 heteroatoms. The average molecular weight is 358 g/mol. The highest BCUT2D eigenvalue weighted by Gasteiger charge is 2.55. The largest absolute Gasteiger partial charge is 0.339 e. The first kappa shape index (κ1) is 17.2. The lowest BCUT2D eigenvalue weighted by molar-refractivity contribution is -0.128. The van der Waals surface area contributed by atoms with Gasteiger partial charge in [0.25, 0.3) is 15.9 Å². The molecule has 1 fully saturated rings. The molecule has 1 aliphatic rings. The molecule has 0 unspecified atom stereocenters. The predicted octanol–water partition coefficient (Wildman–Crippen LogP) is 2.54. The Morgan fingerprint density at radius 1 is 1.00 bits per heavy atom. The van der Waals surface area contributed by atoms with Crippen LogP contribution in [0.5, 0.6) is 0 Å². The van der Waals surface area contributed by atoms with Gasteiger partial charge in [-0.1, -0.05) is 55.0 Å². The molecule has 1 atom stereocenters. The van der Waals surface area contributed by atoms with Crippen molar-refractivity contribution in [2.24, 2.45) is 0 Å². The summed E-state index contributed by atoms with van der Waals surface area (Å²) in [5.74, 6) is -0.785. The van der Waals surface area contributed by atoms with Gasteiger partial charge in [-0.05, 0) is 31.0 Å². The molecule has 3 amide bonds. The Labute approximate surface area is 146 Å². The molecule has 2 aromatic carbocycles. The zero-order valence-electron chi connectivity index (χ0n) is 13.9. The molecule has 130 valence electrons. The predicted molar refractivity (Wildman–Crippen MR) is 92.2 cm³/mol. The number of carbonyl (C=O) groups is 2. The number of hydrogen-bond donors (Lipinski definition) is 1. The van der Waals surface area contributed by atoms with Crippen LogP contribution in [0.3, 0.4) is 0 Å².